The molecule has 18 heavy (non-hydrogen) atoms. The summed E-state index contributed by atoms with van der Waals surface area (Å²) in [4.78, 5) is -0.320. The number of aliphatic hydroxyl groups excluding tert-OH is 1. The Labute approximate surface area is 107 Å². The molecule has 1 N–H and O–H groups in total. The Balaban J connectivity index is 3.17. The van der Waals surface area contributed by atoms with Crippen molar-refractivity contribution < 1.29 is 27.4 Å². The van der Waals surface area contributed by atoms with Crippen LogP contribution in [0.25, 0.3) is 0 Å². The highest BCUT2D eigenvalue weighted by molar-refractivity contribution is 8.02. The zero-order chi connectivity index (χ0) is 13.8. The maximum atomic E-state index is 12.8. The van der Waals surface area contributed by atoms with Crippen LogP contribution in [-0.4, -0.2) is 24.1 Å². The maximum absolute atomic E-state index is 12.8. The Morgan fingerprint density at radius 3 is 2.61 bits per heavy atom. The smallest absolute Gasteiger partial charge is 0.449 e. The predicted octanol–water partition coefficient (Wildman–Crippen LogP) is 3.49. The number of furan rings is 1. The fourth-order valence-electron chi connectivity index (χ4n) is 1.34. The second kappa shape index (κ2) is 6.19. The Morgan fingerprint density at radius 1 is 1.56 bits per heavy atom. The van der Waals surface area contributed by atoms with Crippen molar-refractivity contribution in [1.29, 1.82) is 0 Å². The molecular weight excluding hydrogens is 269 g/mol. The number of aliphatic hydroxyl groups is 1. The average Bonchev–Trinajstić information content (AvgIpc) is 2.80. The molecule has 0 saturated carbocycles. The normalized spacial score (nSPS) is 15.2. The molecule has 0 saturated heterocycles. The Bertz CT molecular complexity index is 398. The van der Waals surface area contributed by atoms with E-state index in [1.54, 1.807) is 0 Å². The van der Waals surface area contributed by atoms with Gasteiger partial charge in [-0.25, -0.2) is 0 Å². The zero-order valence-electron chi connectivity index (χ0n) is 9.82. The maximum Gasteiger partial charge on any atom is 0.449 e. The minimum absolute atomic E-state index is 0.0424. The summed E-state index contributed by atoms with van der Waals surface area (Å²) in [6.07, 6.45) is -3.42. The van der Waals surface area contributed by atoms with Crippen LogP contribution in [0.3, 0.4) is 0 Å². The first kappa shape index (κ1) is 15.0. The molecule has 1 aromatic rings. The molecule has 7 heteroatoms. The van der Waals surface area contributed by atoms with Crippen molar-refractivity contribution in [3.63, 3.8) is 0 Å². The third-order valence-corrected chi connectivity index (χ3v) is 2.90. The van der Waals surface area contributed by atoms with Crippen LogP contribution in [-0.2, 0) is 4.74 Å². The fourth-order valence-corrected chi connectivity index (χ4v) is 2.04. The lowest BCUT2D eigenvalue weighted by Crippen LogP contribution is -2.19. The van der Waals surface area contributed by atoms with E-state index in [0.29, 0.717) is 0 Å². The molecule has 0 radical (unpaired) electrons. The number of halogens is 3. The molecule has 0 aliphatic heterocycles. The van der Waals surface area contributed by atoms with Crippen LogP contribution in [0.1, 0.15) is 18.8 Å². The predicted molar refractivity (Wildman–Crippen MR) is 61.9 cm³/mol. The second-order valence-corrected chi connectivity index (χ2v) is 4.09. The van der Waals surface area contributed by atoms with Crippen LogP contribution >= 0.6 is 11.8 Å². The van der Waals surface area contributed by atoms with E-state index >= 15 is 0 Å². The topological polar surface area (TPSA) is 42.6 Å². The highest BCUT2D eigenvalue weighted by Crippen LogP contribution is 2.39. The van der Waals surface area contributed by atoms with Crippen molar-refractivity contribution in [2.75, 3.05) is 12.9 Å². The summed E-state index contributed by atoms with van der Waals surface area (Å²) >= 11 is 0.776. The molecule has 1 heterocycles. The lowest BCUT2D eigenvalue weighted by Gasteiger charge is -2.19. The summed E-state index contributed by atoms with van der Waals surface area (Å²) in [5.74, 6) is -1.14. The van der Waals surface area contributed by atoms with Gasteiger partial charge in [0, 0.05) is 0 Å². The minimum atomic E-state index is -4.65. The van der Waals surface area contributed by atoms with Gasteiger partial charge in [0.2, 0.25) is 5.76 Å². The molecule has 1 unspecified atom stereocenters. The zero-order valence-corrected chi connectivity index (χ0v) is 10.6. The van der Waals surface area contributed by atoms with Crippen molar-refractivity contribution in [2.45, 2.75) is 19.2 Å². The van der Waals surface area contributed by atoms with Crippen molar-refractivity contribution in [3.8, 4) is 0 Å². The highest BCUT2D eigenvalue weighted by Gasteiger charge is 2.40. The second-order valence-electron chi connectivity index (χ2n) is 3.25. The monoisotopic (exact) mass is 282 g/mol. The van der Waals surface area contributed by atoms with Crippen LogP contribution in [0.4, 0.5) is 13.2 Å². The summed E-state index contributed by atoms with van der Waals surface area (Å²) in [6.45, 7) is 1.31. The van der Waals surface area contributed by atoms with E-state index in [1.165, 1.54) is 31.6 Å². The van der Waals surface area contributed by atoms with Crippen molar-refractivity contribution in [2.24, 2.45) is 0 Å². The number of hydrogen-bond acceptors (Lipinski definition) is 4. The van der Waals surface area contributed by atoms with E-state index < -0.39 is 18.0 Å². The molecule has 0 aliphatic rings. The molecule has 1 atom stereocenters. The van der Waals surface area contributed by atoms with Crippen molar-refractivity contribution in [1.82, 2.24) is 0 Å². The number of alkyl halides is 3. The van der Waals surface area contributed by atoms with Gasteiger partial charge in [-0.15, -0.1) is 11.8 Å². The number of hydrogen-bond donors (Lipinski definition) is 1. The number of rotatable bonds is 5. The molecule has 0 bridgehead atoms. The van der Waals surface area contributed by atoms with E-state index in [0.717, 1.165) is 11.8 Å². The Morgan fingerprint density at radius 2 is 2.22 bits per heavy atom. The van der Waals surface area contributed by atoms with Gasteiger partial charge in [0.1, 0.15) is 11.9 Å². The van der Waals surface area contributed by atoms with E-state index in [2.05, 4.69) is 4.74 Å². The average molecular weight is 282 g/mol. The molecule has 0 aromatic carbocycles. The van der Waals surface area contributed by atoms with Gasteiger partial charge < -0.3 is 14.3 Å². The first-order valence-corrected chi connectivity index (χ1v) is 6.33. The van der Waals surface area contributed by atoms with Crippen LogP contribution < -0.4 is 0 Å². The van der Waals surface area contributed by atoms with E-state index in [4.69, 9.17) is 4.42 Å². The van der Waals surface area contributed by atoms with Gasteiger partial charge in [0.25, 0.3) is 0 Å². The van der Waals surface area contributed by atoms with Gasteiger partial charge in [0.15, 0.2) is 0 Å². The van der Waals surface area contributed by atoms with Crippen LogP contribution in [0.15, 0.2) is 33.5 Å². The van der Waals surface area contributed by atoms with Crippen LogP contribution in [0.2, 0.25) is 0 Å². The molecular formula is C11H13F3O3S. The highest BCUT2D eigenvalue weighted by atomic mass is 32.2. The quantitative estimate of drug-likeness (QED) is 0.839. The summed E-state index contributed by atoms with van der Waals surface area (Å²) in [7, 11) is 0. The first-order valence-electron chi connectivity index (χ1n) is 5.11. The molecule has 3 nitrogen and oxygen atoms in total. The van der Waals surface area contributed by atoms with Gasteiger partial charge in [0.05, 0.1) is 17.8 Å². The molecule has 0 fully saturated rings. The third kappa shape index (κ3) is 3.46. The largest absolute Gasteiger partial charge is 0.489 e. The minimum Gasteiger partial charge on any atom is -0.489 e. The van der Waals surface area contributed by atoms with E-state index in [-0.39, 0.29) is 17.3 Å². The van der Waals surface area contributed by atoms with Crippen LogP contribution in [0, 0.1) is 0 Å². The number of allylic oxidation sites excluding steroid dienone is 1. The standard InChI is InChI=1S/C11H13F3O3S/c1-3-16-10(11(12,13)14)9(18-2)8(15)7-5-4-6-17-7/h4-6,8,15H,3H2,1-2H3/b10-9+. The molecule has 0 aliphatic carbocycles. The Kier molecular flexibility index (Phi) is 5.15. The SMILES string of the molecule is CCO/C(=C(/SC)C(O)c1ccco1)C(F)(F)F. The lowest BCUT2D eigenvalue weighted by atomic mass is 10.2. The van der Waals surface area contributed by atoms with E-state index in [1.807, 2.05) is 0 Å². The van der Waals surface area contributed by atoms with Gasteiger partial charge in [-0.1, -0.05) is 0 Å². The fraction of sp³-hybridized carbons (Fsp3) is 0.455. The number of ether oxygens (including phenoxy) is 1. The third-order valence-electron chi connectivity index (χ3n) is 2.05. The lowest BCUT2D eigenvalue weighted by molar-refractivity contribution is -0.131. The summed E-state index contributed by atoms with van der Waals surface area (Å²) in [5.41, 5.74) is 0. The molecule has 1 rings (SSSR count). The molecule has 0 amide bonds. The Hall–Kier alpha value is -1.08. The van der Waals surface area contributed by atoms with Gasteiger partial charge >= 0.3 is 6.18 Å². The van der Waals surface area contributed by atoms with Gasteiger partial charge in [-0.2, -0.15) is 13.2 Å². The number of thioether (sulfide) groups is 1. The van der Waals surface area contributed by atoms with Gasteiger partial charge in [-0.05, 0) is 25.3 Å². The summed E-state index contributed by atoms with van der Waals surface area (Å²) in [6, 6.07) is 2.89. The molecule has 1 aromatic heterocycles. The van der Waals surface area contributed by atoms with Crippen LogP contribution in [0.5, 0.6) is 0 Å². The van der Waals surface area contributed by atoms with Gasteiger partial charge in [-0.3, -0.25) is 0 Å². The van der Waals surface area contributed by atoms with E-state index in [9.17, 15) is 18.3 Å². The van der Waals surface area contributed by atoms with Crippen molar-refractivity contribution >= 4 is 11.8 Å². The van der Waals surface area contributed by atoms with Crippen molar-refractivity contribution in [3.05, 3.63) is 34.8 Å². The summed E-state index contributed by atoms with van der Waals surface area (Å²) < 4.78 is 47.9. The first-order chi connectivity index (χ1) is 8.41. The summed E-state index contributed by atoms with van der Waals surface area (Å²) in [5, 5.41) is 9.88. The molecule has 102 valence electrons. The molecule has 0 spiro atoms.